The van der Waals surface area contributed by atoms with Crippen LogP contribution in [-0.2, 0) is 0 Å². The Hall–Kier alpha value is -3.03. The zero-order valence-corrected chi connectivity index (χ0v) is 14.8. The number of H-pyrrole nitrogens is 1. The van der Waals surface area contributed by atoms with Crippen LogP contribution < -0.4 is 15.2 Å². The van der Waals surface area contributed by atoms with Crippen LogP contribution in [0.5, 0.6) is 11.5 Å². The molecule has 1 aliphatic rings. The van der Waals surface area contributed by atoms with Gasteiger partial charge in [-0.05, 0) is 37.5 Å². The zero-order chi connectivity index (χ0) is 18.7. The van der Waals surface area contributed by atoms with Gasteiger partial charge in [-0.15, -0.1) is 0 Å². The van der Waals surface area contributed by atoms with Crippen LogP contribution >= 0.6 is 0 Å². The summed E-state index contributed by atoms with van der Waals surface area (Å²) in [5.41, 5.74) is 6.58. The highest BCUT2D eigenvalue weighted by Crippen LogP contribution is 2.36. The van der Waals surface area contributed by atoms with E-state index in [4.69, 9.17) is 15.2 Å². The molecule has 2 amide bonds. The number of nitrogens with zero attached hydrogens (tertiary/aromatic N) is 2. The number of benzene rings is 1. The molecular weight excluding hydrogens is 336 g/mol. The fourth-order valence-corrected chi connectivity index (χ4v) is 3.34. The highest BCUT2D eigenvalue weighted by atomic mass is 16.5. The first-order valence-corrected chi connectivity index (χ1v) is 8.44. The average molecular weight is 358 g/mol. The Balaban J connectivity index is 1.95. The van der Waals surface area contributed by atoms with Crippen LogP contribution in [0.4, 0.5) is 0 Å². The maximum Gasteiger partial charge on any atom is 0.269 e. The molecule has 0 saturated carbocycles. The van der Waals surface area contributed by atoms with E-state index in [0.29, 0.717) is 29.3 Å². The molecule has 1 saturated heterocycles. The van der Waals surface area contributed by atoms with Gasteiger partial charge in [0, 0.05) is 6.54 Å². The molecule has 1 aromatic carbocycles. The number of hydrogen-bond donors (Lipinski definition) is 2. The number of nitrogens with one attached hydrogen (secondary N) is 1. The minimum Gasteiger partial charge on any atom is -0.493 e. The van der Waals surface area contributed by atoms with Gasteiger partial charge in [-0.3, -0.25) is 14.7 Å². The minimum atomic E-state index is -0.601. The summed E-state index contributed by atoms with van der Waals surface area (Å²) in [4.78, 5) is 26.3. The minimum absolute atomic E-state index is 0.152. The summed E-state index contributed by atoms with van der Waals surface area (Å²) < 4.78 is 10.7. The Morgan fingerprint density at radius 2 is 2.08 bits per heavy atom. The lowest BCUT2D eigenvalue weighted by atomic mass is 9.97. The van der Waals surface area contributed by atoms with Crippen molar-refractivity contribution in [1.82, 2.24) is 15.1 Å². The number of hydrogen-bond acceptors (Lipinski definition) is 5. The number of likely N-dealkylation sites (tertiary alicyclic amines) is 1. The first-order chi connectivity index (χ1) is 12.6. The molecule has 2 aromatic rings. The van der Waals surface area contributed by atoms with Crippen molar-refractivity contribution in [2.75, 3.05) is 20.8 Å². The molecule has 1 atom stereocenters. The number of amides is 2. The standard InChI is InChI=1S/C18H22N4O4/c1-25-15-8-5-6-11(16(15)26-2)18(24)22-9-4-3-7-14(22)12-10-13(17(19)23)21-20-12/h5-6,8,10,14H,3-4,7,9H2,1-2H3,(H2,19,23)(H,20,21). The first-order valence-electron chi connectivity index (χ1n) is 8.44. The molecule has 0 bridgehead atoms. The molecule has 8 heteroatoms. The molecule has 138 valence electrons. The lowest BCUT2D eigenvalue weighted by Crippen LogP contribution is -2.38. The summed E-state index contributed by atoms with van der Waals surface area (Å²) in [6.45, 7) is 0.606. The van der Waals surface area contributed by atoms with Gasteiger partial charge in [0.05, 0.1) is 31.5 Å². The Bertz CT molecular complexity index is 817. The number of aromatic nitrogens is 2. The highest BCUT2D eigenvalue weighted by Gasteiger charge is 2.32. The van der Waals surface area contributed by atoms with Gasteiger partial charge in [-0.2, -0.15) is 5.10 Å². The molecule has 0 spiro atoms. The van der Waals surface area contributed by atoms with Crippen molar-refractivity contribution >= 4 is 11.8 Å². The number of methoxy groups -OCH3 is 2. The van der Waals surface area contributed by atoms with E-state index in [1.54, 1.807) is 29.2 Å². The van der Waals surface area contributed by atoms with E-state index in [9.17, 15) is 9.59 Å². The third-order valence-corrected chi connectivity index (χ3v) is 4.61. The second-order valence-corrected chi connectivity index (χ2v) is 6.12. The van der Waals surface area contributed by atoms with Crippen LogP contribution in [0.1, 0.15) is 51.8 Å². The van der Waals surface area contributed by atoms with Gasteiger partial charge in [-0.1, -0.05) is 6.07 Å². The van der Waals surface area contributed by atoms with Gasteiger partial charge < -0.3 is 20.1 Å². The van der Waals surface area contributed by atoms with E-state index >= 15 is 0 Å². The number of piperidine rings is 1. The van der Waals surface area contributed by atoms with Gasteiger partial charge in [0.2, 0.25) is 0 Å². The Labute approximate surface area is 151 Å². The van der Waals surface area contributed by atoms with Crippen LogP contribution in [0.25, 0.3) is 0 Å². The first kappa shape index (κ1) is 17.8. The number of aromatic amines is 1. The van der Waals surface area contributed by atoms with Crippen molar-refractivity contribution in [2.24, 2.45) is 5.73 Å². The number of carbonyl (C=O) groups is 2. The Morgan fingerprint density at radius 3 is 2.73 bits per heavy atom. The van der Waals surface area contributed by atoms with Crippen LogP contribution in [-0.4, -0.2) is 47.7 Å². The van der Waals surface area contributed by atoms with Crippen molar-refractivity contribution in [1.29, 1.82) is 0 Å². The number of primary amides is 1. The van der Waals surface area contributed by atoms with E-state index < -0.39 is 5.91 Å². The van der Waals surface area contributed by atoms with Crippen molar-refractivity contribution in [3.8, 4) is 11.5 Å². The lowest BCUT2D eigenvalue weighted by Gasteiger charge is -2.35. The van der Waals surface area contributed by atoms with Crippen LogP contribution in [0, 0.1) is 0 Å². The zero-order valence-electron chi connectivity index (χ0n) is 14.8. The second-order valence-electron chi connectivity index (χ2n) is 6.12. The summed E-state index contributed by atoms with van der Waals surface area (Å²) in [5, 5.41) is 6.78. The van der Waals surface area contributed by atoms with Crippen molar-refractivity contribution in [3.05, 3.63) is 41.2 Å². The van der Waals surface area contributed by atoms with Gasteiger partial charge in [0.25, 0.3) is 11.8 Å². The maximum atomic E-state index is 13.2. The second kappa shape index (κ2) is 7.47. The molecule has 26 heavy (non-hydrogen) atoms. The average Bonchev–Trinajstić information content (AvgIpc) is 3.17. The SMILES string of the molecule is COc1cccc(C(=O)N2CCCCC2c2cc(C(N)=O)n[nH]2)c1OC. The van der Waals surface area contributed by atoms with Crippen LogP contribution in [0.2, 0.25) is 0 Å². The number of ether oxygens (including phenoxy) is 2. The quantitative estimate of drug-likeness (QED) is 0.848. The number of nitrogens with two attached hydrogens (primary N) is 1. The topological polar surface area (TPSA) is 111 Å². The summed E-state index contributed by atoms with van der Waals surface area (Å²) >= 11 is 0. The summed E-state index contributed by atoms with van der Waals surface area (Å²) in [7, 11) is 3.04. The Kier molecular flexibility index (Phi) is 5.11. The predicted octanol–water partition coefficient (Wildman–Crippen LogP) is 1.89. The lowest BCUT2D eigenvalue weighted by molar-refractivity contribution is 0.0602. The number of para-hydroxylation sites is 1. The van der Waals surface area contributed by atoms with Crippen molar-refractivity contribution in [3.63, 3.8) is 0 Å². The molecule has 3 N–H and O–H groups in total. The third kappa shape index (κ3) is 3.22. The number of rotatable bonds is 5. The largest absolute Gasteiger partial charge is 0.493 e. The summed E-state index contributed by atoms with van der Waals surface area (Å²) in [6, 6.07) is 6.64. The molecule has 1 unspecified atom stereocenters. The van der Waals surface area contributed by atoms with Crippen LogP contribution in [0.15, 0.2) is 24.3 Å². The van der Waals surface area contributed by atoms with Crippen molar-refractivity contribution < 1.29 is 19.1 Å². The van der Waals surface area contributed by atoms with Gasteiger partial charge in [0.15, 0.2) is 11.5 Å². The van der Waals surface area contributed by atoms with E-state index in [0.717, 1.165) is 19.3 Å². The summed E-state index contributed by atoms with van der Waals surface area (Å²) in [6.07, 6.45) is 2.67. The van der Waals surface area contributed by atoms with Gasteiger partial charge in [0.1, 0.15) is 5.69 Å². The predicted molar refractivity (Wildman–Crippen MR) is 94.3 cm³/mol. The maximum absolute atomic E-state index is 13.2. The van der Waals surface area contributed by atoms with Crippen molar-refractivity contribution in [2.45, 2.75) is 25.3 Å². The van der Waals surface area contributed by atoms with E-state index in [1.807, 2.05) is 0 Å². The molecule has 1 aliphatic heterocycles. The normalized spacial score (nSPS) is 17.0. The molecule has 0 aliphatic carbocycles. The summed E-state index contributed by atoms with van der Waals surface area (Å²) in [5.74, 6) is 0.160. The molecule has 1 fully saturated rings. The van der Waals surface area contributed by atoms with E-state index in [1.165, 1.54) is 14.2 Å². The fraction of sp³-hybridized carbons (Fsp3) is 0.389. The smallest absolute Gasteiger partial charge is 0.269 e. The number of carbonyl (C=O) groups excluding carboxylic acids is 2. The Morgan fingerprint density at radius 1 is 1.27 bits per heavy atom. The molecule has 2 heterocycles. The van der Waals surface area contributed by atoms with Gasteiger partial charge >= 0.3 is 0 Å². The third-order valence-electron chi connectivity index (χ3n) is 4.61. The molecule has 8 nitrogen and oxygen atoms in total. The van der Waals surface area contributed by atoms with E-state index in [-0.39, 0.29) is 17.6 Å². The molecular formula is C18H22N4O4. The van der Waals surface area contributed by atoms with E-state index in [2.05, 4.69) is 10.2 Å². The molecule has 3 rings (SSSR count). The van der Waals surface area contributed by atoms with Crippen LogP contribution in [0.3, 0.4) is 0 Å². The van der Waals surface area contributed by atoms with Gasteiger partial charge in [-0.25, -0.2) is 0 Å². The molecule has 0 radical (unpaired) electrons. The molecule has 1 aromatic heterocycles. The highest BCUT2D eigenvalue weighted by molar-refractivity contribution is 5.98. The fourth-order valence-electron chi connectivity index (χ4n) is 3.34. The monoisotopic (exact) mass is 358 g/mol.